The van der Waals surface area contributed by atoms with Gasteiger partial charge in [-0.05, 0) is 19.4 Å². The van der Waals surface area contributed by atoms with Crippen LogP contribution < -0.4 is 10.5 Å². The predicted molar refractivity (Wildman–Crippen MR) is 65.7 cm³/mol. The molecular weight excluding hydrogens is 202 g/mol. The highest BCUT2D eigenvalue weighted by molar-refractivity contribution is 5.46. The monoisotopic (exact) mass is 223 g/mol. The van der Waals surface area contributed by atoms with E-state index in [1.54, 1.807) is 6.07 Å². The fourth-order valence-electron chi connectivity index (χ4n) is 1.69. The summed E-state index contributed by atoms with van der Waals surface area (Å²) in [5, 5.41) is 9.98. The fraction of sp³-hybridized carbons (Fsp3) is 0.538. The Morgan fingerprint density at radius 3 is 2.75 bits per heavy atom. The van der Waals surface area contributed by atoms with Crippen molar-refractivity contribution >= 4 is 0 Å². The van der Waals surface area contributed by atoms with Crippen LogP contribution in [0.5, 0.6) is 11.5 Å². The number of ether oxygens (including phenoxy) is 1. The lowest BCUT2D eigenvalue weighted by atomic mass is 10.0. The van der Waals surface area contributed by atoms with Crippen molar-refractivity contribution in [3.05, 3.63) is 23.8 Å². The molecular formula is C13H21NO2. The molecule has 0 aromatic heterocycles. The van der Waals surface area contributed by atoms with E-state index in [0.717, 1.165) is 24.8 Å². The summed E-state index contributed by atoms with van der Waals surface area (Å²) in [6.07, 6.45) is 3.07. The first kappa shape index (κ1) is 12.8. The third-order valence-corrected chi connectivity index (χ3v) is 2.60. The Morgan fingerprint density at radius 2 is 2.12 bits per heavy atom. The first-order valence-corrected chi connectivity index (χ1v) is 5.90. The van der Waals surface area contributed by atoms with Crippen LogP contribution in [0.15, 0.2) is 18.2 Å². The zero-order valence-electron chi connectivity index (χ0n) is 10.1. The number of hydrogen-bond donors (Lipinski definition) is 2. The Morgan fingerprint density at radius 1 is 1.38 bits per heavy atom. The van der Waals surface area contributed by atoms with E-state index in [0.29, 0.717) is 12.4 Å². The van der Waals surface area contributed by atoms with E-state index in [1.807, 2.05) is 19.1 Å². The molecule has 3 heteroatoms. The van der Waals surface area contributed by atoms with Crippen LogP contribution in [0.4, 0.5) is 0 Å². The van der Waals surface area contributed by atoms with Crippen molar-refractivity contribution in [2.75, 3.05) is 6.61 Å². The lowest BCUT2D eigenvalue weighted by Crippen LogP contribution is -2.10. The largest absolute Gasteiger partial charge is 0.504 e. The molecule has 0 amide bonds. The van der Waals surface area contributed by atoms with Crippen LogP contribution in [0.25, 0.3) is 0 Å². The van der Waals surface area contributed by atoms with Crippen molar-refractivity contribution in [2.24, 2.45) is 5.73 Å². The number of hydrogen-bond acceptors (Lipinski definition) is 3. The van der Waals surface area contributed by atoms with Crippen LogP contribution in [0, 0.1) is 0 Å². The third-order valence-electron chi connectivity index (χ3n) is 2.60. The van der Waals surface area contributed by atoms with Crippen LogP contribution in [0.1, 0.15) is 44.7 Å². The van der Waals surface area contributed by atoms with Crippen LogP contribution in [0.2, 0.25) is 0 Å². The van der Waals surface area contributed by atoms with E-state index in [1.165, 1.54) is 0 Å². The summed E-state index contributed by atoms with van der Waals surface area (Å²) in [7, 11) is 0. The number of phenolic OH excluding ortho intramolecular Hbond substituents is 1. The summed E-state index contributed by atoms with van der Waals surface area (Å²) in [6.45, 7) is 4.56. The van der Waals surface area contributed by atoms with E-state index >= 15 is 0 Å². The SMILES string of the molecule is CCCC[C@H](N)c1cccc(OCC)c1O. The maximum Gasteiger partial charge on any atom is 0.162 e. The fourth-order valence-corrected chi connectivity index (χ4v) is 1.69. The number of phenols is 1. The molecule has 0 saturated carbocycles. The Kier molecular flexibility index (Phi) is 5.12. The molecule has 0 aliphatic heterocycles. The zero-order chi connectivity index (χ0) is 12.0. The number of para-hydroxylation sites is 1. The van der Waals surface area contributed by atoms with Crippen molar-refractivity contribution < 1.29 is 9.84 Å². The Balaban J connectivity index is 2.82. The molecule has 0 heterocycles. The van der Waals surface area contributed by atoms with Gasteiger partial charge in [-0.25, -0.2) is 0 Å². The maximum absolute atomic E-state index is 9.98. The van der Waals surface area contributed by atoms with Crippen LogP contribution in [0.3, 0.4) is 0 Å². The van der Waals surface area contributed by atoms with Crippen molar-refractivity contribution in [3.63, 3.8) is 0 Å². The van der Waals surface area contributed by atoms with E-state index in [-0.39, 0.29) is 11.8 Å². The highest BCUT2D eigenvalue weighted by Crippen LogP contribution is 2.34. The minimum absolute atomic E-state index is 0.111. The van der Waals surface area contributed by atoms with E-state index < -0.39 is 0 Å². The molecule has 1 aromatic rings. The summed E-state index contributed by atoms with van der Waals surface area (Å²) in [5.74, 6) is 0.708. The van der Waals surface area contributed by atoms with Gasteiger partial charge < -0.3 is 15.6 Å². The van der Waals surface area contributed by atoms with Gasteiger partial charge in [-0.1, -0.05) is 31.9 Å². The van der Waals surface area contributed by atoms with Crippen molar-refractivity contribution in [3.8, 4) is 11.5 Å². The minimum Gasteiger partial charge on any atom is -0.504 e. The smallest absolute Gasteiger partial charge is 0.162 e. The van der Waals surface area contributed by atoms with Gasteiger partial charge in [0.1, 0.15) is 0 Å². The average Bonchev–Trinajstić information content (AvgIpc) is 2.29. The molecule has 0 bridgehead atoms. The quantitative estimate of drug-likeness (QED) is 0.779. The second-order valence-electron chi connectivity index (χ2n) is 3.88. The zero-order valence-corrected chi connectivity index (χ0v) is 10.1. The third kappa shape index (κ3) is 3.14. The molecule has 0 spiro atoms. The molecule has 1 atom stereocenters. The summed E-state index contributed by atoms with van der Waals surface area (Å²) in [4.78, 5) is 0. The van der Waals surface area contributed by atoms with Crippen molar-refractivity contribution in [1.29, 1.82) is 0 Å². The standard InChI is InChI=1S/C13H21NO2/c1-3-5-8-11(14)10-7-6-9-12(13(10)15)16-4-2/h6-7,9,11,15H,3-5,8,14H2,1-2H3/t11-/m0/s1. The molecule has 0 radical (unpaired) electrons. The first-order valence-electron chi connectivity index (χ1n) is 5.90. The number of benzene rings is 1. The number of rotatable bonds is 6. The van der Waals surface area contributed by atoms with Gasteiger partial charge in [0.05, 0.1) is 6.61 Å². The van der Waals surface area contributed by atoms with E-state index in [2.05, 4.69) is 6.92 Å². The minimum atomic E-state index is -0.111. The molecule has 0 unspecified atom stereocenters. The summed E-state index contributed by atoms with van der Waals surface area (Å²) >= 11 is 0. The second-order valence-corrected chi connectivity index (χ2v) is 3.88. The number of unbranched alkanes of at least 4 members (excludes halogenated alkanes) is 1. The van der Waals surface area contributed by atoms with Gasteiger partial charge in [0.2, 0.25) is 0 Å². The lowest BCUT2D eigenvalue weighted by Gasteiger charge is -2.15. The number of nitrogens with two attached hydrogens (primary N) is 1. The average molecular weight is 223 g/mol. The first-order chi connectivity index (χ1) is 7.70. The molecule has 0 aliphatic carbocycles. The lowest BCUT2D eigenvalue weighted by molar-refractivity contribution is 0.315. The molecule has 16 heavy (non-hydrogen) atoms. The Labute approximate surface area is 97.2 Å². The normalized spacial score (nSPS) is 12.4. The van der Waals surface area contributed by atoms with Crippen LogP contribution in [-0.2, 0) is 0 Å². The second kappa shape index (κ2) is 6.38. The molecule has 0 saturated heterocycles. The summed E-state index contributed by atoms with van der Waals surface area (Å²) in [6, 6.07) is 5.37. The molecule has 3 nitrogen and oxygen atoms in total. The van der Waals surface area contributed by atoms with Gasteiger partial charge in [0.25, 0.3) is 0 Å². The Bertz CT molecular complexity index is 326. The highest BCUT2D eigenvalue weighted by atomic mass is 16.5. The van der Waals surface area contributed by atoms with Gasteiger partial charge >= 0.3 is 0 Å². The molecule has 1 aromatic carbocycles. The molecule has 3 N–H and O–H groups in total. The molecule has 90 valence electrons. The highest BCUT2D eigenvalue weighted by Gasteiger charge is 2.13. The van der Waals surface area contributed by atoms with E-state index in [4.69, 9.17) is 10.5 Å². The Hall–Kier alpha value is -1.22. The topological polar surface area (TPSA) is 55.5 Å². The predicted octanol–water partition coefficient (Wildman–Crippen LogP) is 2.98. The van der Waals surface area contributed by atoms with Gasteiger partial charge in [-0.2, -0.15) is 0 Å². The van der Waals surface area contributed by atoms with Crippen LogP contribution in [-0.4, -0.2) is 11.7 Å². The summed E-state index contributed by atoms with van der Waals surface area (Å²) in [5.41, 5.74) is 6.81. The maximum atomic E-state index is 9.98. The van der Waals surface area contributed by atoms with Gasteiger partial charge in [-0.15, -0.1) is 0 Å². The molecule has 0 aliphatic rings. The van der Waals surface area contributed by atoms with Crippen molar-refractivity contribution in [1.82, 2.24) is 0 Å². The van der Waals surface area contributed by atoms with Gasteiger partial charge in [-0.3, -0.25) is 0 Å². The van der Waals surface area contributed by atoms with Crippen molar-refractivity contribution in [2.45, 2.75) is 39.2 Å². The van der Waals surface area contributed by atoms with Crippen LogP contribution >= 0.6 is 0 Å². The van der Waals surface area contributed by atoms with Gasteiger partial charge in [0.15, 0.2) is 11.5 Å². The molecule has 0 fully saturated rings. The van der Waals surface area contributed by atoms with Gasteiger partial charge in [0, 0.05) is 11.6 Å². The molecule has 1 rings (SSSR count). The van der Waals surface area contributed by atoms with E-state index in [9.17, 15) is 5.11 Å². The summed E-state index contributed by atoms with van der Waals surface area (Å²) < 4.78 is 5.33. The number of aromatic hydroxyl groups is 1.